The molecule has 22 heavy (non-hydrogen) atoms. The lowest BCUT2D eigenvalue weighted by molar-refractivity contribution is 0.0121. The molecule has 1 fully saturated rings. The largest absolute Gasteiger partial charge is 0.394 e. The van der Waals surface area contributed by atoms with E-state index in [1.165, 1.54) is 0 Å². The van der Waals surface area contributed by atoms with Crippen LogP contribution in [0, 0.1) is 0 Å². The molecule has 0 aromatic heterocycles. The van der Waals surface area contributed by atoms with Crippen LogP contribution in [0.5, 0.6) is 0 Å². The van der Waals surface area contributed by atoms with E-state index < -0.39 is 11.8 Å². The minimum absolute atomic E-state index is 0.0113. The maximum Gasteiger partial charge on any atom is 0.264 e. The van der Waals surface area contributed by atoms with Gasteiger partial charge in [0.1, 0.15) is 0 Å². The summed E-state index contributed by atoms with van der Waals surface area (Å²) in [6.07, 6.45) is 1.79. The molecule has 1 aromatic rings. The fraction of sp³-hybridized carbons (Fsp3) is 0.429. The normalized spacial score (nSPS) is 21.0. The van der Waals surface area contributed by atoms with Gasteiger partial charge in [0.2, 0.25) is 6.73 Å². The van der Waals surface area contributed by atoms with Gasteiger partial charge in [0.15, 0.2) is 0 Å². The zero-order chi connectivity index (χ0) is 15.5. The average molecular weight is 304 g/mol. The summed E-state index contributed by atoms with van der Waals surface area (Å²) >= 11 is 0. The molecule has 8 nitrogen and oxygen atoms in total. The lowest BCUT2D eigenvalue weighted by atomic mass is 10.1. The van der Waals surface area contributed by atoms with E-state index in [4.69, 9.17) is 9.94 Å². The third-order valence-electron chi connectivity index (χ3n) is 3.83. The molecule has 1 unspecified atom stereocenters. The number of aliphatic hydroxyl groups excluding tert-OH is 1. The Balaban J connectivity index is 1.57. The second-order valence-corrected chi connectivity index (χ2v) is 5.15. The molecule has 0 saturated carbocycles. The Morgan fingerprint density at radius 3 is 2.55 bits per heavy atom. The van der Waals surface area contributed by atoms with Gasteiger partial charge < -0.3 is 9.94 Å². The molecule has 116 valence electrons. The highest BCUT2D eigenvalue weighted by molar-refractivity contribution is 6.21. The number of benzene rings is 1. The van der Waals surface area contributed by atoms with Crippen LogP contribution in [0.3, 0.4) is 0 Å². The molecule has 1 atom stereocenters. The summed E-state index contributed by atoms with van der Waals surface area (Å²) in [5.41, 5.74) is 0.737. The van der Waals surface area contributed by atoms with Gasteiger partial charge in [-0.25, -0.2) is 4.90 Å². The molecule has 2 aliphatic heterocycles. The molecule has 1 aromatic carbocycles. The number of nitrogens with zero attached hydrogens (tertiary/aromatic N) is 4. The van der Waals surface area contributed by atoms with Crippen LogP contribution in [0.25, 0.3) is 0 Å². The topological polar surface area (TPSA) is 94.8 Å². The number of carbonyl (C=O) groups excluding carboxylic acids is 2. The molecule has 0 spiro atoms. The molecule has 3 rings (SSSR count). The fourth-order valence-electron chi connectivity index (χ4n) is 2.64. The number of hydrogen-bond acceptors (Lipinski definition) is 6. The lowest BCUT2D eigenvalue weighted by Crippen LogP contribution is -2.31. The van der Waals surface area contributed by atoms with Crippen LogP contribution < -0.4 is 0 Å². The quantitative estimate of drug-likeness (QED) is 0.497. The Morgan fingerprint density at radius 1 is 1.23 bits per heavy atom. The van der Waals surface area contributed by atoms with Crippen LogP contribution in [0.2, 0.25) is 0 Å². The minimum atomic E-state index is -0.398. The van der Waals surface area contributed by atoms with Crippen LogP contribution >= 0.6 is 0 Å². The van der Waals surface area contributed by atoms with Crippen molar-refractivity contribution in [3.8, 4) is 0 Å². The van der Waals surface area contributed by atoms with Crippen molar-refractivity contribution in [2.75, 3.05) is 19.9 Å². The van der Waals surface area contributed by atoms with Crippen molar-refractivity contribution in [2.45, 2.75) is 18.9 Å². The first-order valence-electron chi connectivity index (χ1n) is 7.08. The van der Waals surface area contributed by atoms with Gasteiger partial charge in [-0.15, -0.1) is 0 Å². The summed E-state index contributed by atoms with van der Waals surface area (Å²) in [6.45, 7) is 0.427. The average Bonchev–Trinajstić information content (AvgIpc) is 3.09. The number of rotatable bonds is 5. The SMILES string of the molecule is O=C1c2ccccc2C(=O)N1CO/N=N\N1CCCC1CO. The first kappa shape index (κ1) is 14.5. The fourth-order valence-corrected chi connectivity index (χ4v) is 2.64. The third kappa shape index (κ3) is 2.52. The highest BCUT2D eigenvalue weighted by Crippen LogP contribution is 2.22. The molecular weight excluding hydrogens is 288 g/mol. The number of hydrogen-bond donors (Lipinski definition) is 1. The van der Waals surface area contributed by atoms with Crippen LogP contribution in [-0.4, -0.2) is 52.8 Å². The van der Waals surface area contributed by atoms with Gasteiger partial charge in [0.05, 0.1) is 23.8 Å². The summed E-state index contributed by atoms with van der Waals surface area (Å²) in [5.74, 6) is -0.796. The highest BCUT2D eigenvalue weighted by atomic mass is 16.7. The van der Waals surface area contributed by atoms with Crippen molar-refractivity contribution in [3.05, 3.63) is 35.4 Å². The maximum absolute atomic E-state index is 12.1. The second-order valence-electron chi connectivity index (χ2n) is 5.15. The van der Waals surface area contributed by atoms with Crippen molar-refractivity contribution >= 4 is 11.8 Å². The minimum Gasteiger partial charge on any atom is -0.394 e. The summed E-state index contributed by atoms with van der Waals surface area (Å²) in [7, 11) is 0. The standard InChI is InChI=1S/C14H16N4O4/c19-8-10-4-3-7-18(10)15-16-22-9-17-13(20)11-5-1-2-6-12(11)14(17)21/h1-2,5-6,10,19H,3-4,7-9H2/b16-15-. The van der Waals surface area contributed by atoms with Gasteiger partial charge in [-0.05, 0) is 30.2 Å². The molecule has 2 heterocycles. The van der Waals surface area contributed by atoms with Gasteiger partial charge in [-0.1, -0.05) is 12.1 Å². The molecule has 0 radical (unpaired) electrons. The third-order valence-corrected chi connectivity index (χ3v) is 3.83. The second kappa shape index (κ2) is 6.10. The predicted octanol–water partition coefficient (Wildman–Crippen LogP) is 0.996. The van der Waals surface area contributed by atoms with Gasteiger partial charge in [-0.3, -0.25) is 14.6 Å². The molecule has 2 amide bonds. The first-order chi connectivity index (χ1) is 10.7. The highest BCUT2D eigenvalue weighted by Gasteiger charge is 2.35. The molecule has 1 saturated heterocycles. The zero-order valence-electron chi connectivity index (χ0n) is 11.9. The van der Waals surface area contributed by atoms with Gasteiger partial charge in [0.25, 0.3) is 11.8 Å². The van der Waals surface area contributed by atoms with Gasteiger partial charge in [0, 0.05) is 11.8 Å². The maximum atomic E-state index is 12.1. The van der Waals surface area contributed by atoms with Crippen molar-refractivity contribution in [1.82, 2.24) is 9.91 Å². The van der Waals surface area contributed by atoms with E-state index in [1.54, 1.807) is 29.3 Å². The zero-order valence-corrected chi connectivity index (χ0v) is 11.9. The van der Waals surface area contributed by atoms with E-state index in [9.17, 15) is 9.59 Å². The van der Waals surface area contributed by atoms with Gasteiger partial charge in [-0.2, -0.15) is 0 Å². The molecule has 0 bridgehead atoms. The van der Waals surface area contributed by atoms with E-state index in [0.29, 0.717) is 17.7 Å². The van der Waals surface area contributed by atoms with Crippen LogP contribution in [0.15, 0.2) is 34.8 Å². The Kier molecular flexibility index (Phi) is 4.01. The Bertz CT molecular complexity index is 584. The first-order valence-corrected chi connectivity index (χ1v) is 7.08. The van der Waals surface area contributed by atoms with Crippen LogP contribution in [0.1, 0.15) is 33.6 Å². The number of imide groups is 1. The predicted molar refractivity (Wildman–Crippen MR) is 74.6 cm³/mol. The molecule has 2 aliphatic rings. The monoisotopic (exact) mass is 304 g/mol. The Hall–Kier alpha value is -2.48. The van der Waals surface area contributed by atoms with Crippen LogP contribution in [0.4, 0.5) is 0 Å². The van der Waals surface area contributed by atoms with E-state index in [-0.39, 0.29) is 19.4 Å². The summed E-state index contributed by atoms with van der Waals surface area (Å²) < 4.78 is 0. The summed E-state index contributed by atoms with van der Waals surface area (Å²) in [4.78, 5) is 30.1. The number of fused-ring (bicyclic) bond motifs is 1. The number of aliphatic hydroxyl groups is 1. The Morgan fingerprint density at radius 2 is 1.91 bits per heavy atom. The van der Waals surface area contributed by atoms with Crippen molar-refractivity contribution in [1.29, 1.82) is 0 Å². The van der Waals surface area contributed by atoms with E-state index in [0.717, 1.165) is 17.7 Å². The number of carbonyl (C=O) groups is 2. The molecule has 1 N–H and O–H groups in total. The van der Waals surface area contributed by atoms with E-state index in [1.807, 2.05) is 0 Å². The van der Waals surface area contributed by atoms with Crippen LogP contribution in [-0.2, 0) is 4.84 Å². The van der Waals surface area contributed by atoms with Gasteiger partial charge >= 0.3 is 0 Å². The summed E-state index contributed by atoms with van der Waals surface area (Å²) in [6, 6.07) is 6.57. The lowest BCUT2D eigenvalue weighted by Gasteiger charge is -2.17. The van der Waals surface area contributed by atoms with Crippen molar-refractivity contribution < 1.29 is 19.5 Å². The van der Waals surface area contributed by atoms with E-state index in [2.05, 4.69) is 10.5 Å². The summed E-state index contributed by atoms with van der Waals surface area (Å²) in [5, 5.41) is 18.2. The molecule has 0 aliphatic carbocycles. The number of amides is 2. The molecular formula is C14H16N4O4. The Labute approximate surface area is 126 Å². The van der Waals surface area contributed by atoms with Crippen molar-refractivity contribution in [2.24, 2.45) is 10.5 Å². The van der Waals surface area contributed by atoms with Crippen molar-refractivity contribution in [3.63, 3.8) is 0 Å². The smallest absolute Gasteiger partial charge is 0.264 e. The van der Waals surface area contributed by atoms with E-state index >= 15 is 0 Å². The molecule has 8 heteroatoms.